The quantitative estimate of drug-likeness (QED) is 0.853. The first-order valence-electron chi connectivity index (χ1n) is 6.13. The van der Waals surface area contributed by atoms with Gasteiger partial charge in [0.05, 0.1) is 18.3 Å². The summed E-state index contributed by atoms with van der Waals surface area (Å²) in [6.07, 6.45) is 0.213. The van der Waals surface area contributed by atoms with E-state index in [0.717, 1.165) is 24.3 Å². The van der Waals surface area contributed by atoms with E-state index in [1.807, 2.05) is 18.2 Å². The SMILES string of the molecule is CC1CN(c2ccccc2CO)CC(C)(C)O1. The van der Waals surface area contributed by atoms with Gasteiger partial charge in [0.15, 0.2) is 0 Å². The molecule has 1 fully saturated rings. The molecule has 0 saturated carbocycles. The van der Waals surface area contributed by atoms with Gasteiger partial charge in [0.25, 0.3) is 0 Å². The van der Waals surface area contributed by atoms with Crippen molar-refractivity contribution in [2.75, 3.05) is 18.0 Å². The van der Waals surface area contributed by atoms with E-state index >= 15 is 0 Å². The highest BCUT2D eigenvalue weighted by atomic mass is 16.5. The molecule has 1 N–H and O–H groups in total. The number of hydrogen-bond donors (Lipinski definition) is 1. The number of aliphatic hydroxyl groups is 1. The first-order chi connectivity index (χ1) is 8.02. The number of rotatable bonds is 2. The van der Waals surface area contributed by atoms with Crippen LogP contribution in [0.3, 0.4) is 0 Å². The second-order valence-electron chi connectivity index (χ2n) is 5.36. The summed E-state index contributed by atoms with van der Waals surface area (Å²) < 4.78 is 5.89. The van der Waals surface area contributed by atoms with Gasteiger partial charge in [-0.15, -0.1) is 0 Å². The lowest BCUT2D eigenvalue weighted by Crippen LogP contribution is -2.52. The fraction of sp³-hybridized carbons (Fsp3) is 0.571. The molecule has 0 aromatic heterocycles. The molecular formula is C14H21NO2. The summed E-state index contributed by atoms with van der Waals surface area (Å²) in [5, 5.41) is 9.39. The molecule has 1 aromatic carbocycles. The molecule has 1 aromatic rings. The van der Waals surface area contributed by atoms with Crippen molar-refractivity contribution in [3.05, 3.63) is 29.8 Å². The summed E-state index contributed by atoms with van der Waals surface area (Å²) >= 11 is 0. The monoisotopic (exact) mass is 235 g/mol. The molecule has 17 heavy (non-hydrogen) atoms. The molecule has 1 unspecified atom stereocenters. The number of morpholine rings is 1. The molecular weight excluding hydrogens is 214 g/mol. The fourth-order valence-corrected chi connectivity index (χ4v) is 2.59. The van der Waals surface area contributed by atoms with E-state index in [9.17, 15) is 5.11 Å². The number of hydrogen-bond acceptors (Lipinski definition) is 3. The van der Waals surface area contributed by atoms with E-state index in [1.54, 1.807) is 0 Å². The zero-order chi connectivity index (χ0) is 12.5. The lowest BCUT2D eigenvalue weighted by molar-refractivity contribution is -0.0750. The van der Waals surface area contributed by atoms with Crippen LogP contribution >= 0.6 is 0 Å². The average Bonchev–Trinajstić information content (AvgIpc) is 2.26. The minimum absolute atomic E-state index is 0.0857. The van der Waals surface area contributed by atoms with Crippen LogP contribution in [0.25, 0.3) is 0 Å². The Bertz CT molecular complexity index is 390. The van der Waals surface area contributed by atoms with Gasteiger partial charge in [-0.25, -0.2) is 0 Å². The summed E-state index contributed by atoms with van der Waals surface area (Å²) in [7, 11) is 0. The van der Waals surface area contributed by atoms with Crippen molar-refractivity contribution >= 4 is 5.69 Å². The van der Waals surface area contributed by atoms with E-state index in [-0.39, 0.29) is 18.3 Å². The van der Waals surface area contributed by atoms with Crippen LogP contribution in [0.15, 0.2) is 24.3 Å². The highest BCUT2D eigenvalue weighted by molar-refractivity contribution is 5.54. The fourth-order valence-electron chi connectivity index (χ4n) is 2.59. The molecule has 3 nitrogen and oxygen atoms in total. The Hall–Kier alpha value is -1.06. The molecule has 1 aliphatic heterocycles. The molecule has 1 atom stereocenters. The van der Waals surface area contributed by atoms with Gasteiger partial charge in [-0.1, -0.05) is 18.2 Å². The largest absolute Gasteiger partial charge is 0.392 e. The molecule has 0 amide bonds. The van der Waals surface area contributed by atoms with Crippen LogP contribution in [0.5, 0.6) is 0 Å². The molecule has 2 rings (SSSR count). The van der Waals surface area contributed by atoms with Crippen LogP contribution in [0.2, 0.25) is 0 Å². The number of para-hydroxylation sites is 1. The first kappa shape index (κ1) is 12.4. The Morgan fingerprint density at radius 3 is 2.76 bits per heavy atom. The van der Waals surface area contributed by atoms with Crippen molar-refractivity contribution in [2.24, 2.45) is 0 Å². The maximum Gasteiger partial charge on any atom is 0.0805 e. The number of benzene rings is 1. The van der Waals surface area contributed by atoms with Crippen molar-refractivity contribution in [1.29, 1.82) is 0 Å². The lowest BCUT2D eigenvalue weighted by Gasteiger charge is -2.43. The first-order valence-corrected chi connectivity index (χ1v) is 6.13. The van der Waals surface area contributed by atoms with Crippen LogP contribution in [-0.2, 0) is 11.3 Å². The molecule has 0 bridgehead atoms. The lowest BCUT2D eigenvalue weighted by atomic mass is 10.0. The van der Waals surface area contributed by atoms with Gasteiger partial charge >= 0.3 is 0 Å². The second-order valence-corrected chi connectivity index (χ2v) is 5.36. The van der Waals surface area contributed by atoms with Crippen molar-refractivity contribution < 1.29 is 9.84 Å². The highest BCUT2D eigenvalue weighted by Gasteiger charge is 2.31. The van der Waals surface area contributed by atoms with Gasteiger partial charge in [-0.05, 0) is 26.8 Å². The summed E-state index contributed by atoms with van der Waals surface area (Å²) in [5.74, 6) is 0. The molecule has 1 heterocycles. The van der Waals surface area contributed by atoms with Gasteiger partial charge in [-0.2, -0.15) is 0 Å². The third-order valence-corrected chi connectivity index (χ3v) is 3.07. The van der Waals surface area contributed by atoms with Crippen LogP contribution in [-0.4, -0.2) is 29.9 Å². The molecule has 1 saturated heterocycles. The molecule has 0 spiro atoms. The van der Waals surface area contributed by atoms with Crippen molar-refractivity contribution in [3.63, 3.8) is 0 Å². The van der Waals surface area contributed by atoms with Crippen LogP contribution < -0.4 is 4.90 Å². The van der Waals surface area contributed by atoms with Crippen LogP contribution in [0, 0.1) is 0 Å². The number of nitrogens with zero attached hydrogens (tertiary/aromatic N) is 1. The molecule has 3 heteroatoms. The zero-order valence-electron chi connectivity index (χ0n) is 10.8. The Morgan fingerprint density at radius 2 is 2.12 bits per heavy atom. The molecule has 1 aliphatic rings. The third-order valence-electron chi connectivity index (χ3n) is 3.07. The van der Waals surface area contributed by atoms with E-state index in [0.29, 0.717) is 0 Å². The van der Waals surface area contributed by atoms with Gasteiger partial charge in [0.2, 0.25) is 0 Å². The smallest absolute Gasteiger partial charge is 0.0805 e. The van der Waals surface area contributed by atoms with E-state index in [4.69, 9.17) is 4.74 Å². The minimum Gasteiger partial charge on any atom is -0.392 e. The van der Waals surface area contributed by atoms with Gasteiger partial charge < -0.3 is 14.7 Å². The van der Waals surface area contributed by atoms with Gasteiger partial charge in [-0.3, -0.25) is 0 Å². The van der Waals surface area contributed by atoms with Crippen molar-refractivity contribution in [1.82, 2.24) is 0 Å². The highest BCUT2D eigenvalue weighted by Crippen LogP contribution is 2.28. The van der Waals surface area contributed by atoms with Gasteiger partial charge in [0.1, 0.15) is 0 Å². The predicted octanol–water partition coefficient (Wildman–Crippen LogP) is 2.18. The topological polar surface area (TPSA) is 32.7 Å². The zero-order valence-corrected chi connectivity index (χ0v) is 10.8. The number of ether oxygens (including phenoxy) is 1. The van der Waals surface area contributed by atoms with Crippen LogP contribution in [0.4, 0.5) is 5.69 Å². The van der Waals surface area contributed by atoms with Crippen molar-refractivity contribution in [2.45, 2.75) is 39.1 Å². The molecule has 0 aliphatic carbocycles. The second kappa shape index (κ2) is 4.67. The Kier molecular flexibility index (Phi) is 3.40. The Balaban J connectivity index is 2.27. The minimum atomic E-state index is -0.139. The third kappa shape index (κ3) is 2.79. The van der Waals surface area contributed by atoms with Gasteiger partial charge in [0, 0.05) is 24.3 Å². The van der Waals surface area contributed by atoms with Crippen LogP contribution in [0.1, 0.15) is 26.3 Å². The number of anilines is 1. The summed E-state index contributed by atoms with van der Waals surface area (Å²) in [6.45, 7) is 8.13. The average molecular weight is 235 g/mol. The molecule has 94 valence electrons. The summed E-state index contributed by atoms with van der Waals surface area (Å²) in [5.41, 5.74) is 1.97. The predicted molar refractivity (Wildman–Crippen MR) is 69.2 cm³/mol. The Labute approximate surface area is 103 Å². The molecule has 0 radical (unpaired) electrons. The van der Waals surface area contributed by atoms with Crippen molar-refractivity contribution in [3.8, 4) is 0 Å². The van der Waals surface area contributed by atoms with E-state index in [2.05, 4.69) is 31.7 Å². The van der Waals surface area contributed by atoms with E-state index in [1.165, 1.54) is 0 Å². The normalized spacial score (nSPS) is 23.8. The maximum atomic E-state index is 9.39. The maximum absolute atomic E-state index is 9.39. The summed E-state index contributed by atoms with van der Waals surface area (Å²) in [6, 6.07) is 8.02. The number of aliphatic hydroxyl groups excluding tert-OH is 1. The Morgan fingerprint density at radius 1 is 1.41 bits per heavy atom. The standard InChI is InChI=1S/C14H21NO2/c1-11-8-15(10-14(2,3)17-11)13-7-5-4-6-12(13)9-16/h4-7,11,16H,8-10H2,1-3H3. The van der Waals surface area contributed by atoms with E-state index < -0.39 is 0 Å². The summed E-state index contributed by atoms with van der Waals surface area (Å²) in [4.78, 5) is 2.31.